The van der Waals surface area contributed by atoms with Crippen LogP contribution in [0.1, 0.15) is 107 Å². The Bertz CT molecular complexity index is 7840. The molecule has 0 bridgehead atoms. The number of hydrogen-bond donors (Lipinski definition) is 10. The number of aryl methyl sites for hydroxylation is 4. The van der Waals surface area contributed by atoms with Crippen molar-refractivity contribution in [1.29, 1.82) is 5.26 Å². The monoisotopic (exact) mass is 1930 g/mol. The van der Waals surface area contributed by atoms with E-state index in [4.69, 9.17) is 72.5 Å². The number of nitrogens with zero attached hydrogens (tertiary/aromatic N) is 22. The number of fused-ring (bicyclic) bond motifs is 4. The summed E-state index contributed by atoms with van der Waals surface area (Å²) in [6.45, 7) is 9.48. The number of aromatic amines is 2. The Balaban J connectivity index is 0.000000129. The van der Waals surface area contributed by atoms with Crippen LogP contribution in [-0.2, 0) is 34.9 Å². The smallest absolute Gasteiger partial charge is 0.338 e. The second-order valence-corrected chi connectivity index (χ2v) is 33.7. The molecular weight excluding hydrogens is 1850 g/mol. The summed E-state index contributed by atoms with van der Waals surface area (Å²) >= 11 is 19.5. The lowest BCUT2D eigenvalue weighted by Gasteiger charge is -2.26. The molecule has 2 fully saturated rings. The predicted octanol–water partition coefficient (Wildman–Crippen LogP) is 13.2. The van der Waals surface area contributed by atoms with E-state index in [0.29, 0.717) is 168 Å². The zero-order valence-corrected chi connectivity index (χ0v) is 77.9. The van der Waals surface area contributed by atoms with E-state index < -0.39 is 29.6 Å². The predicted molar refractivity (Wildman–Crippen MR) is 527 cm³/mol. The largest absolute Gasteiger partial charge is 0.462 e. The van der Waals surface area contributed by atoms with Crippen LogP contribution >= 0.6 is 34.8 Å². The number of benzene rings is 6. The number of hydrogen-bond acceptors (Lipinski definition) is 30. The van der Waals surface area contributed by atoms with Gasteiger partial charge in [-0.25, -0.2) is 54.0 Å². The first-order chi connectivity index (χ1) is 67.7. The lowest BCUT2D eigenvalue weighted by Crippen LogP contribution is -2.44. The molecular formula is C97H87Cl3N32O8. The zero-order valence-electron chi connectivity index (χ0n) is 75.7. The lowest BCUT2D eigenvalue weighted by molar-refractivity contribution is -0.121. The number of morpholine rings is 1. The third kappa shape index (κ3) is 21.5. The summed E-state index contributed by atoms with van der Waals surface area (Å²) in [5, 5.41) is 56.6. The molecule has 1 saturated heterocycles. The van der Waals surface area contributed by atoms with Crippen molar-refractivity contribution in [1.82, 2.24) is 130 Å². The maximum absolute atomic E-state index is 13.1. The summed E-state index contributed by atoms with van der Waals surface area (Å²) in [5.74, 6) is -1.17. The molecule has 1 saturated carbocycles. The van der Waals surface area contributed by atoms with Crippen LogP contribution in [0.5, 0.6) is 0 Å². The molecule has 20 rings (SSSR count). The SMILES string of the molecule is CCOC(=O)c1ccc(CNC(=O)c2nc(-c3cc(Cl)c4[nH]ncc4c3)c(-c3ccn(C)n3)nc2N)cc1.Cc1ccn(-c2nc(N)c(C(=O)NCN3CCOCC3)nc2-c2cc(Cl)c3[nH]ncc3c2)n1.Cc1ccn(-c2nc(N)c(C(=O)Nc3ccc(C#N)cc3)nc2-c2ccc3ncccc3c2)n1.Cn1ccc(-c2nc(N)c(C(=O)NCC3CCCC(=O)C3)nc2-c2cc(Cl)c3ncccc3c2)n1. The van der Waals surface area contributed by atoms with Crippen molar-refractivity contribution in [3.8, 4) is 85.5 Å². The normalized spacial score (nSPS) is 13.0. The average molecular weight is 1940 g/mol. The van der Waals surface area contributed by atoms with Gasteiger partial charge in [0.25, 0.3) is 23.6 Å². The molecule has 18 aromatic rings. The first-order valence-corrected chi connectivity index (χ1v) is 45.0. The van der Waals surface area contributed by atoms with Crippen LogP contribution in [-0.4, -0.2) is 196 Å². The molecule has 1 atom stereocenters. The molecule has 140 heavy (non-hydrogen) atoms. The minimum absolute atomic E-state index is 0.000163. The molecule has 6 aromatic carbocycles. The first-order valence-electron chi connectivity index (χ1n) is 43.9. The number of ether oxygens (including phenoxy) is 2. The lowest BCUT2D eigenvalue weighted by atomic mass is 9.88. The van der Waals surface area contributed by atoms with Gasteiger partial charge in [0.2, 0.25) is 0 Å². The van der Waals surface area contributed by atoms with Gasteiger partial charge >= 0.3 is 5.97 Å². The van der Waals surface area contributed by atoms with Crippen LogP contribution in [0.2, 0.25) is 15.1 Å². The van der Waals surface area contributed by atoms with E-state index in [9.17, 15) is 28.8 Å². The van der Waals surface area contributed by atoms with Gasteiger partial charge in [0.1, 0.15) is 39.9 Å². The Hall–Kier alpha value is -17.3. The van der Waals surface area contributed by atoms with E-state index in [1.165, 1.54) is 0 Å². The molecule has 40 nitrogen and oxygen atoms in total. The Labute approximate surface area is 811 Å². The molecule has 0 radical (unpaired) electrons. The number of aromatic nitrogens is 22. The van der Waals surface area contributed by atoms with Crippen LogP contribution in [0.4, 0.5) is 29.0 Å². The molecule has 0 spiro atoms. The summed E-state index contributed by atoms with van der Waals surface area (Å²) in [6, 6.07) is 46.6. The van der Waals surface area contributed by atoms with Gasteiger partial charge in [-0.2, -0.15) is 35.9 Å². The first kappa shape index (κ1) is 94.5. The Kier molecular flexibility index (Phi) is 28.3. The van der Waals surface area contributed by atoms with Crippen molar-refractivity contribution < 1.29 is 38.2 Å². The second kappa shape index (κ2) is 41.9. The highest BCUT2D eigenvalue weighted by Gasteiger charge is 2.30. The number of halogens is 3. The minimum atomic E-state index is -0.512. The number of esters is 1. The Morgan fingerprint density at radius 3 is 1.60 bits per heavy atom. The van der Waals surface area contributed by atoms with E-state index in [2.05, 4.69) is 117 Å². The molecule has 12 aromatic heterocycles. The number of Topliss-reactive ketones (excluding diaryl/α,β-unsaturated/α-hetero) is 1. The molecule has 704 valence electrons. The number of nitrogen functional groups attached to an aromatic ring is 4. The van der Waals surface area contributed by atoms with E-state index in [-0.39, 0.29) is 64.3 Å². The van der Waals surface area contributed by atoms with Crippen molar-refractivity contribution in [2.75, 3.05) is 74.4 Å². The van der Waals surface area contributed by atoms with Gasteiger partial charge in [-0.3, -0.25) is 58.4 Å². The Morgan fingerprint density at radius 2 is 1.05 bits per heavy atom. The highest BCUT2D eigenvalue weighted by Crippen LogP contribution is 2.39. The number of nitrogens with two attached hydrogens (primary N) is 4. The van der Waals surface area contributed by atoms with Crippen LogP contribution in [0, 0.1) is 31.1 Å². The maximum atomic E-state index is 13.1. The molecule has 14 N–H and O–H groups in total. The van der Waals surface area contributed by atoms with Gasteiger partial charge in [0, 0.05) is 140 Å². The number of carbonyl (C=O) groups excluding carboxylic acids is 6. The van der Waals surface area contributed by atoms with Crippen molar-refractivity contribution >= 4 is 143 Å². The number of nitriles is 1. The number of amides is 4. The number of pyridine rings is 2. The van der Waals surface area contributed by atoms with Crippen LogP contribution in [0.15, 0.2) is 201 Å². The van der Waals surface area contributed by atoms with Crippen molar-refractivity contribution in [3.05, 3.63) is 267 Å². The number of nitrogens with one attached hydrogen (secondary N) is 6. The van der Waals surface area contributed by atoms with Crippen LogP contribution in [0.25, 0.3) is 123 Å². The standard InChI is InChI=1S/C26H23ClN8O3.C25H24ClN7O2.C25H18N8O.C21H22ClN9O2/c1-3-38-26(37)15-6-4-14(5-7-15)12-29-25(36)23-24(28)32-22(19-8-9-35(2)34-19)21(31-23)16-10-17-13-30-33-20(17)18(27)11-16;1-33-9-7-19(32-33)22-21(16-11-15-5-3-8-28-20(15)18(26)12-16)30-23(24(27)31-22)25(35)29-13-14-4-2-6-17(34)10-14;1-15-10-12-33(32-15)24-21(18-6-9-20-17(13-18)3-2-11-28-20)30-22(23(27)31-24)25(34)29-19-7-4-16(14-26)5-8-19;1-12-2-3-31(29-12)20-17(13-8-14-10-25-28-16(14)15(22)9-13)26-18(19(23)27-20)21(32)24-11-30-4-6-33-7-5-30/h4-11,13H,3,12H2,1-2H3,(H2,28,32)(H,29,36)(H,30,33);3,5,7-9,11-12,14H,2,4,6,10,13H2,1H3,(H2,27,31)(H,29,35);2-13H,1H3,(H2,27,31)(H,29,34);2-3,8-10H,4-7,11H2,1H3,(H2,23,27)(H,24,32)(H,25,28). The minimum Gasteiger partial charge on any atom is -0.462 e. The fourth-order valence-electron chi connectivity index (χ4n) is 15.6. The third-order valence-corrected chi connectivity index (χ3v) is 23.4. The summed E-state index contributed by atoms with van der Waals surface area (Å²) in [7, 11) is 3.59. The summed E-state index contributed by atoms with van der Waals surface area (Å²) in [5.41, 5.74) is 37.8. The molecule has 1 aliphatic carbocycles. The number of H-pyrrole nitrogens is 2. The fraction of sp³-hybridized carbons (Fsp3) is 0.186. The van der Waals surface area contributed by atoms with Gasteiger partial charge in [-0.1, -0.05) is 65.1 Å². The van der Waals surface area contributed by atoms with Gasteiger partial charge < -0.3 is 53.7 Å². The quantitative estimate of drug-likeness (QED) is 0.0299. The van der Waals surface area contributed by atoms with Gasteiger partial charge in [-0.05, 0) is 166 Å². The topological polar surface area (TPSA) is 558 Å². The van der Waals surface area contributed by atoms with Crippen molar-refractivity contribution in [2.45, 2.75) is 53.0 Å². The Morgan fingerprint density at radius 1 is 0.536 bits per heavy atom. The molecule has 43 heteroatoms. The molecule has 2 aliphatic rings. The third-order valence-electron chi connectivity index (χ3n) is 22.6. The van der Waals surface area contributed by atoms with Gasteiger partial charge in [0.05, 0.1) is 116 Å². The summed E-state index contributed by atoms with van der Waals surface area (Å²) in [4.78, 5) is 123. The van der Waals surface area contributed by atoms with Crippen molar-refractivity contribution in [3.63, 3.8) is 0 Å². The van der Waals surface area contributed by atoms with E-state index in [1.54, 1.807) is 168 Å². The van der Waals surface area contributed by atoms with Gasteiger partial charge in [0.15, 0.2) is 57.7 Å². The van der Waals surface area contributed by atoms with E-state index in [0.717, 1.165) is 75.5 Å². The molecule has 4 amide bonds. The average Bonchev–Trinajstić information content (AvgIpc) is 1.45. The van der Waals surface area contributed by atoms with E-state index in [1.807, 2.05) is 92.7 Å². The summed E-state index contributed by atoms with van der Waals surface area (Å²) in [6.07, 6.45) is 16.7. The highest BCUT2D eigenvalue weighted by molar-refractivity contribution is 6.36. The van der Waals surface area contributed by atoms with Crippen LogP contribution in [0.3, 0.4) is 0 Å². The number of rotatable bonds is 21. The zero-order chi connectivity index (χ0) is 97.9. The summed E-state index contributed by atoms with van der Waals surface area (Å²) < 4.78 is 16.8. The van der Waals surface area contributed by atoms with Gasteiger partial charge in [-0.15, -0.1) is 0 Å². The molecule has 1 unspecified atom stereocenters. The number of anilines is 5. The molecule has 13 heterocycles. The second-order valence-electron chi connectivity index (χ2n) is 32.5. The number of ketones is 1. The number of carbonyl (C=O) groups is 6. The van der Waals surface area contributed by atoms with E-state index >= 15 is 0 Å². The maximum Gasteiger partial charge on any atom is 0.338 e. The molecule has 1 aliphatic heterocycles. The highest BCUT2D eigenvalue weighted by atomic mass is 35.5. The van der Waals surface area contributed by atoms with Crippen LogP contribution < -0.4 is 44.2 Å². The van der Waals surface area contributed by atoms with Crippen molar-refractivity contribution in [2.24, 2.45) is 20.0 Å². The fourth-order valence-corrected chi connectivity index (χ4v) is 16.4.